The highest BCUT2D eigenvalue weighted by atomic mass is 16.1. The molecular formula is C25H47NO. The summed E-state index contributed by atoms with van der Waals surface area (Å²) >= 11 is 0. The Hall–Kier alpha value is -1.05. The molecule has 1 amide bonds. The van der Waals surface area contributed by atoms with Gasteiger partial charge in [-0.1, -0.05) is 109 Å². The van der Waals surface area contributed by atoms with Crippen molar-refractivity contribution in [2.45, 2.75) is 129 Å². The molecule has 0 aliphatic rings. The summed E-state index contributed by atoms with van der Waals surface area (Å²) in [6.07, 6.45) is 26.5. The number of unbranched alkanes of at least 4 members (excludes halogenated alkanes) is 14. The minimum atomic E-state index is 0.0897. The molecule has 0 saturated carbocycles. The average Bonchev–Trinajstić information content (AvgIpc) is 2.68. The smallest absolute Gasteiger partial charge is 0.220 e. The zero-order chi connectivity index (χ0) is 20.0. The van der Waals surface area contributed by atoms with Crippen molar-refractivity contribution in [3.63, 3.8) is 0 Å². The molecule has 0 radical (unpaired) electrons. The highest BCUT2D eigenvalue weighted by Crippen LogP contribution is 2.13. The molecule has 0 fully saturated rings. The zero-order valence-corrected chi connectivity index (χ0v) is 18.3. The van der Waals surface area contributed by atoms with E-state index in [9.17, 15) is 4.79 Å². The average molecular weight is 378 g/mol. The summed E-state index contributed by atoms with van der Waals surface area (Å²) in [6.45, 7) is 9.80. The first kappa shape index (κ1) is 26.0. The minimum Gasteiger partial charge on any atom is -0.350 e. The van der Waals surface area contributed by atoms with Crippen molar-refractivity contribution in [3.05, 3.63) is 25.3 Å². The van der Waals surface area contributed by atoms with Gasteiger partial charge in [0.25, 0.3) is 0 Å². The van der Waals surface area contributed by atoms with Crippen LogP contribution in [-0.4, -0.2) is 11.9 Å². The number of rotatable bonds is 21. The van der Waals surface area contributed by atoms with E-state index in [1.165, 1.54) is 89.9 Å². The van der Waals surface area contributed by atoms with Crippen molar-refractivity contribution < 1.29 is 4.79 Å². The number of amides is 1. The van der Waals surface area contributed by atoms with Crippen LogP contribution in [0.25, 0.3) is 0 Å². The van der Waals surface area contributed by atoms with Crippen LogP contribution in [0.15, 0.2) is 25.3 Å². The van der Waals surface area contributed by atoms with Gasteiger partial charge in [0, 0.05) is 12.5 Å². The van der Waals surface area contributed by atoms with Crippen molar-refractivity contribution in [3.8, 4) is 0 Å². The molecule has 0 aliphatic heterocycles. The topological polar surface area (TPSA) is 29.1 Å². The molecule has 0 heterocycles. The summed E-state index contributed by atoms with van der Waals surface area (Å²) in [5.41, 5.74) is 0. The first-order valence-electron chi connectivity index (χ1n) is 11.8. The maximum atomic E-state index is 11.9. The predicted octanol–water partition coefficient (Wildman–Crippen LogP) is 7.88. The predicted molar refractivity (Wildman–Crippen MR) is 121 cm³/mol. The number of hydrogen-bond acceptors (Lipinski definition) is 1. The second-order valence-electron chi connectivity index (χ2n) is 7.98. The third kappa shape index (κ3) is 19.5. The quantitative estimate of drug-likeness (QED) is 0.160. The van der Waals surface area contributed by atoms with Crippen LogP contribution in [0.4, 0.5) is 0 Å². The van der Waals surface area contributed by atoms with Crippen LogP contribution < -0.4 is 5.32 Å². The van der Waals surface area contributed by atoms with E-state index in [0.717, 1.165) is 19.3 Å². The number of allylic oxidation sites excluding steroid dienone is 1. The molecule has 1 unspecified atom stereocenters. The molecule has 0 bridgehead atoms. The molecule has 27 heavy (non-hydrogen) atoms. The van der Waals surface area contributed by atoms with Crippen molar-refractivity contribution >= 4 is 5.91 Å². The van der Waals surface area contributed by atoms with E-state index in [2.05, 4.69) is 25.4 Å². The molecule has 0 aromatic carbocycles. The molecular weight excluding hydrogens is 330 g/mol. The van der Waals surface area contributed by atoms with Gasteiger partial charge in [-0.2, -0.15) is 0 Å². The van der Waals surface area contributed by atoms with Gasteiger partial charge < -0.3 is 5.32 Å². The Morgan fingerprint density at radius 3 is 1.63 bits per heavy atom. The van der Waals surface area contributed by atoms with Gasteiger partial charge in [0.1, 0.15) is 0 Å². The molecule has 0 aromatic rings. The minimum absolute atomic E-state index is 0.0897. The Kier molecular flexibility index (Phi) is 20.4. The normalized spacial score (nSPS) is 11.9. The van der Waals surface area contributed by atoms with Crippen molar-refractivity contribution in [2.24, 2.45) is 0 Å². The second kappa shape index (κ2) is 21.3. The number of nitrogens with one attached hydrogen (secondary N) is 1. The molecule has 0 aromatic heterocycles. The van der Waals surface area contributed by atoms with E-state index in [1.807, 2.05) is 12.2 Å². The fourth-order valence-electron chi connectivity index (χ4n) is 3.48. The SMILES string of the molecule is C=CCCC(C=C)NC(=O)CCCCCCCCCCCCCCCCC. The van der Waals surface area contributed by atoms with Crippen molar-refractivity contribution in [1.29, 1.82) is 0 Å². The third-order valence-electron chi connectivity index (χ3n) is 5.32. The van der Waals surface area contributed by atoms with Gasteiger partial charge >= 0.3 is 0 Å². The van der Waals surface area contributed by atoms with Crippen LogP contribution in [0, 0.1) is 0 Å². The molecule has 1 atom stereocenters. The monoisotopic (exact) mass is 377 g/mol. The molecule has 2 heteroatoms. The van der Waals surface area contributed by atoms with E-state index in [1.54, 1.807) is 0 Å². The Balaban J connectivity index is 3.29. The highest BCUT2D eigenvalue weighted by Gasteiger charge is 2.07. The number of hydrogen-bond donors (Lipinski definition) is 1. The summed E-state index contributed by atoms with van der Waals surface area (Å²) in [5, 5.41) is 3.05. The van der Waals surface area contributed by atoms with Gasteiger partial charge in [-0.05, 0) is 19.3 Å². The maximum absolute atomic E-state index is 11.9. The first-order valence-corrected chi connectivity index (χ1v) is 11.8. The lowest BCUT2D eigenvalue weighted by atomic mass is 10.0. The van der Waals surface area contributed by atoms with E-state index in [0.29, 0.717) is 6.42 Å². The van der Waals surface area contributed by atoms with E-state index < -0.39 is 0 Å². The molecule has 2 nitrogen and oxygen atoms in total. The number of carbonyl (C=O) groups excluding carboxylic acids is 1. The lowest BCUT2D eigenvalue weighted by molar-refractivity contribution is -0.121. The first-order chi connectivity index (χ1) is 13.2. The third-order valence-corrected chi connectivity index (χ3v) is 5.32. The van der Waals surface area contributed by atoms with E-state index in [-0.39, 0.29) is 11.9 Å². The number of carbonyl (C=O) groups is 1. The molecule has 1 N–H and O–H groups in total. The summed E-state index contributed by atoms with van der Waals surface area (Å²) in [4.78, 5) is 11.9. The Morgan fingerprint density at radius 2 is 1.22 bits per heavy atom. The summed E-state index contributed by atoms with van der Waals surface area (Å²) in [5.74, 6) is 0.165. The molecule has 0 spiro atoms. The Morgan fingerprint density at radius 1 is 0.778 bits per heavy atom. The fraction of sp³-hybridized carbons (Fsp3) is 0.800. The van der Waals surface area contributed by atoms with Gasteiger partial charge in [-0.15, -0.1) is 13.2 Å². The van der Waals surface area contributed by atoms with Crippen LogP contribution in [0.5, 0.6) is 0 Å². The van der Waals surface area contributed by atoms with E-state index in [4.69, 9.17) is 0 Å². The van der Waals surface area contributed by atoms with Crippen LogP contribution in [-0.2, 0) is 4.79 Å². The van der Waals surface area contributed by atoms with Gasteiger partial charge in [0.15, 0.2) is 0 Å². The Bertz CT molecular complexity index is 350. The van der Waals surface area contributed by atoms with Gasteiger partial charge in [-0.3, -0.25) is 4.79 Å². The molecule has 158 valence electrons. The largest absolute Gasteiger partial charge is 0.350 e. The van der Waals surface area contributed by atoms with Crippen molar-refractivity contribution in [2.75, 3.05) is 0 Å². The van der Waals surface area contributed by atoms with Crippen molar-refractivity contribution in [1.82, 2.24) is 5.32 Å². The van der Waals surface area contributed by atoms with Gasteiger partial charge in [-0.25, -0.2) is 0 Å². The van der Waals surface area contributed by atoms with Crippen LogP contribution in [0.2, 0.25) is 0 Å². The summed E-state index contributed by atoms with van der Waals surface area (Å²) in [7, 11) is 0. The second-order valence-corrected chi connectivity index (χ2v) is 7.98. The Labute approximate surface area is 170 Å². The maximum Gasteiger partial charge on any atom is 0.220 e. The summed E-state index contributed by atoms with van der Waals surface area (Å²) in [6, 6.07) is 0.0897. The molecule has 0 saturated heterocycles. The highest BCUT2D eigenvalue weighted by molar-refractivity contribution is 5.76. The van der Waals surface area contributed by atoms with Gasteiger partial charge in [0.05, 0.1) is 0 Å². The molecule has 0 aliphatic carbocycles. The van der Waals surface area contributed by atoms with Crippen LogP contribution in [0.3, 0.4) is 0 Å². The van der Waals surface area contributed by atoms with Gasteiger partial charge in [0.2, 0.25) is 5.91 Å². The van der Waals surface area contributed by atoms with Crippen LogP contribution in [0.1, 0.15) is 122 Å². The molecule has 0 rings (SSSR count). The standard InChI is InChI=1S/C25H47NO/c1-4-7-9-10-11-12-13-14-15-16-17-18-19-20-21-23-25(27)26-24(6-3)22-8-5-2/h5-6,24H,2-4,7-23H2,1H3,(H,26,27). The lowest BCUT2D eigenvalue weighted by Gasteiger charge is -2.13. The zero-order valence-electron chi connectivity index (χ0n) is 18.3. The fourth-order valence-corrected chi connectivity index (χ4v) is 3.48. The lowest BCUT2D eigenvalue weighted by Crippen LogP contribution is -2.32. The summed E-state index contributed by atoms with van der Waals surface area (Å²) < 4.78 is 0. The van der Waals surface area contributed by atoms with Crippen LogP contribution >= 0.6 is 0 Å². The van der Waals surface area contributed by atoms with E-state index >= 15 is 0 Å².